The average molecular weight is 200 g/mol. The highest BCUT2D eigenvalue weighted by Gasteiger charge is 2.00. The van der Waals surface area contributed by atoms with Crippen LogP contribution in [-0.4, -0.2) is 31.4 Å². The molecule has 0 aliphatic carbocycles. The molecule has 0 spiro atoms. The molecule has 0 saturated heterocycles. The molecule has 4 nitrogen and oxygen atoms in total. The van der Waals surface area contributed by atoms with Crippen molar-refractivity contribution in [2.45, 2.75) is 33.1 Å². The first-order chi connectivity index (χ1) is 6.66. The third-order valence-corrected chi connectivity index (χ3v) is 1.64. The first-order valence-electron chi connectivity index (χ1n) is 5.05. The molecule has 1 amide bonds. The largest absolute Gasteiger partial charge is 0.380 e. The van der Waals surface area contributed by atoms with E-state index >= 15 is 0 Å². The summed E-state index contributed by atoms with van der Waals surface area (Å²) in [6, 6.07) is 0. The molecule has 0 aromatic heterocycles. The molecule has 0 aromatic carbocycles. The van der Waals surface area contributed by atoms with E-state index in [0.29, 0.717) is 31.7 Å². The Hall–Kier alpha value is -0.900. The second kappa shape index (κ2) is 8.69. The van der Waals surface area contributed by atoms with Gasteiger partial charge < -0.3 is 15.5 Å². The Morgan fingerprint density at radius 2 is 2.07 bits per heavy atom. The van der Waals surface area contributed by atoms with E-state index in [2.05, 4.69) is 5.32 Å². The highest BCUT2D eigenvalue weighted by molar-refractivity contribution is 5.84. The lowest BCUT2D eigenvalue weighted by Gasteiger charge is -2.05. The van der Waals surface area contributed by atoms with E-state index in [4.69, 9.17) is 10.1 Å². The fourth-order valence-electron chi connectivity index (χ4n) is 0.898. The van der Waals surface area contributed by atoms with Crippen molar-refractivity contribution in [2.24, 2.45) is 0 Å². The SMILES string of the molecule is CCCOCCNC(=O)CCC(C)=N. The van der Waals surface area contributed by atoms with Gasteiger partial charge in [-0.05, 0) is 19.8 Å². The van der Waals surface area contributed by atoms with Crippen molar-refractivity contribution in [3.05, 3.63) is 0 Å². The minimum atomic E-state index is -0.00306. The molecule has 0 rings (SSSR count). The number of hydrogen-bond acceptors (Lipinski definition) is 3. The van der Waals surface area contributed by atoms with E-state index in [0.717, 1.165) is 13.0 Å². The number of ether oxygens (including phenoxy) is 1. The Morgan fingerprint density at radius 1 is 1.36 bits per heavy atom. The zero-order valence-corrected chi connectivity index (χ0v) is 9.06. The quantitative estimate of drug-likeness (QED) is 0.459. The van der Waals surface area contributed by atoms with Gasteiger partial charge in [-0.25, -0.2) is 0 Å². The molecule has 0 radical (unpaired) electrons. The first-order valence-corrected chi connectivity index (χ1v) is 5.05. The predicted octanol–water partition coefficient (Wildman–Crippen LogP) is 1.35. The van der Waals surface area contributed by atoms with Crippen LogP contribution >= 0.6 is 0 Å². The van der Waals surface area contributed by atoms with E-state index in [9.17, 15) is 4.79 Å². The van der Waals surface area contributed by atoms with Crippen LogP contribution in [0.4, 0.5) is 0 Å². The van der Waals surface area contributed by atoms with Gasteiger partial charge in [-0.1, -0.05) is 6.92 Å². The summed E-state index contributed by atoms with van der Waals surface area (Å²) < 4.78 is 5.20. The summed E-state index contributed by atoms with van der Waals surface area (Å²) in [6.45, 7) is 5.64. The Bertz CT molecular complexity index is 181. The maximum atomic E-state index is 11.1. The van der Waals surface area contributed by atoms with Crippen molar-refractivity contribution >= 4 is 11.6 Å². The molecular weight excluding hydrogens is 180 g/mol. The van der Waals surface area contributed by atoms with Crippen LogP contribution in [0.3, 0.4) is 0 Å². The van der Waals surface area contributed by atoms with Crippen molar-refractivity contribution in [3.8, 4) is 0 Å². The van der Waals surface area contributed by atoms with Gasteiger partial charge in [0.05, 0.1) is 6.61 Å². The van der Waals surface area contributed by atoms with Gasteiger partial charge >= 0.3 is 0 Å². The molecule has 2 N–H and O–H groups in total. The summed E-state index contributed by atoms with van der Waals surface area (Å²) in [7, 11) is 0. The normalized spacial score (nSPS) is 9.86. The van der Waals surface area contributed by atoms with Gasteiger partial charge in [0.15, 0.2) is 0 Å². The lowest BCUT2D eigenvalue weighted by atomic mass is 10.2. The van der Waals surface area contributed by atoms with Crippen molar-refractivity contribution in [3.63, 3.8) is 0 Å². The molecule has 0 aromatic rings. The maximum absolute atomic E-state index is 11.1. The molecular formula is C10H20N2O2. The van der Waals surface area contributed by atoms with E-state index in [1.807, 2.05) is 6.92 Å². The van der Waals surface area contributed by atoms with Crippen LogP contribution in [-0.2, 0) is 9.53 Å². The predicted molar refractivity (Wildman–Crippen MR) is 56.8 cm³/mol. The summed E-state index contributed by atoms with van der Waals surface area (Å²) in [5.74, 6) is -0.00306. The zero-order chi connectivity index (χ0) is 10.8. The van der Waals surface area contributed by atoms with Gasteiger partial charge in [0.25, 0.3) is 0 Å². The first kappa shape index (κ1) is 13.1. The molecule has 0 atom stereocenters. The van der Waals surface area contributed by atoms with Crippen LogP contribution in [0.2, 0.25) is 0 Å². The van der Waals surface area contributed by atoms with Crippen LogP contribution in [0.5, 0.6) is 0 Å². The monoisotopic (exact) mass is 200 g/mol. The molecule has 0 bridgehead atoms. The van der Waals surface area contributed by atoms with Gasteiger partial charge in [0.2, 0.25) is 5.91 Å². The number of carbonyl (C=O) groups is 1. The highest BCUT2D eigenvalue weighted by Crippen LogP contribution is 1.90. The standard InChI is InChI=1S/C10H20N2O2/c1-3-7-14-8-6-12-10(13)5-4-9(2)11/h11H,3-8H2,1-2H3,(H,12,13). The molecule has 14 heavy (non-hydrogen) atoms. The van der Waals surface area contributed by atoms with Crippen LogP contribution in [0.25, 0.3) is 0 Å². The van der Waals surface area contributed by atoms with Crippen LogP contribution in [0.1, 0.15) is 33.1 Å². The lowest BCUT2D eigenvalue weighted by molar-refractivity contribution is -0.121. The summed E-state index contributed by atoms with van der Waals surface area (Å²) >= 11 is 0. The second-order valence-electron chi connectivity index (χ2n) is 3.24. The van der Waals surface area contributed by atoms with Crippen molar-refractivity contribution < 1.29 is 9.53 Å². The number of amides is 1. The fraction of sp³-hybridized carbons (Fsp3) is 0.800. The third kappa shape index (κ3) is 9.19. The fourth-order valence-corrected chi connectivity index (χ4v) is 0.898. The van der Waals surface area contributed by atoms with Crippen molar-refractivity contribution in [1.29, 1.82) is 5.41 Å². The van der Waals surface area contributed by atoms with Gasteiger partial charge in [0.1, 0.15) is 0 Å². The molecule has 82 valence electrons. The van der Waals surface area contributed by atoms with Crippen LogP contribution < -0.4 is 5.32 Å². The lowest BCUT2D eigenvalue weighted by Crippen LogP contribution is -2.27. The van der Waals surface area contributed by atoms with E-state index < -0.39 is 0 Å². The smallest absolute Gasteiger partial charge is 0.220 e. The van der Waals surface area contributed by atoms with Crippen molar-refractivity contribution in [1.82, 2.24) is 5.32 Å². The minimum Gasteiger partial charge on any atom is -0.380 e. The summed E-state index contributed by atoms with van der Waals surface area (Å²) in [4.78, 5) is 11.1. The summed E-state index contributed by atoms with van der Waals surface area (Å²) in [5, 5.41) is 9.89. The van der Waals surface area contributed by atoms with Gasteiger partial charge in [-0.2, -0.15) is 0 Å². The molecule has 4 heteroatoms. The van der Waals surface area contributed by atoms with E-state index in [1.54, 1.807) is 6.92 Å². The molecule has 0 saturated carbocycles. The Balaban J connectivity index is 3.22. The number of rotatable bonds is 8. The molecule has 0 heterocycles. The molecule has 0 aliphatic heterocycles. The average Bonchev–Trinajstić information content (AvgIpc) is 2.14. The van der Waals surface area contributed by atoms with Gasteiger partial charge in [0, 0.05) is 25.3 Å². The van der Waals surface area contributed by atoms with Gasteiger partial charge in [-0.15, -0.1) is 0 Å². The number of carbonyl (C=O) groups excluding carboxylic acids is 1. The molecule has 0 unspecified atom stereocenters. The van der Waals surface area contributed by atoms with Crippen LogP contribution in [0.15, 0.2) is 0 Å². The van der Waals surface area contributed by atoms with Crippen LogP contribution in [0, 0.1) is 5.41 Å². The summed E-state index contributed by atoms with van der Waals surface area (Å²) in [5.41, 5.74) is 0.544. The highest BCUT2D eigenvalue weighted by atomic mass is 16.5. The topological polar surface area (TPSA) is 62.2 Å². The maximum Gasteiger partial charge on any atom is 0.220 e. The van der Waals surface area contributed by atoms with Crippen molar-refractivity contribution in [2.75, 3.05) is 19.8 Å². The number of nitrogens with one attached hydrogen (secondary N) is 2. The minimum absolute atomic E-state index is 0.00306. The summed E-state index contributed by atoms with van der Waals surface area (Å²) in [6.07, 6.45) is 1.95. The van der Waals surface area contributed by atoms with Gasteiger partial charge in [-0.3, -0.25) is 4.79 Å². The molecule has 0 fully saturated rings. The number of hydrogen-bond donors (Lipinski definition) is 2. The zero-order valence-electron chi connectivity index (χ0n) is 9.06. The Labute approximate surface area is 85.5 Å². The molecule has 0 aliphatic rings. The second-order valence-corrected chi connectivity index (χ2v) is 3.24. The van der Waals surface area contributed by atoms with E-state index in [1.165, 1.54) is 0 Å². The third-order valence-electron chi connectivity index (χ3n) is 1.64. The Kier molecular flexibility index (Phi) is 8.13. The van der Waals surface area contributed by atoms with E-state index in [-0.39, 0.29) is 5.91 Å². The Morgan fingerprint density at radius 3 is 2.64 bits per heavy atom.